The van der Waals surface area contributed by atoms with Gasteiger partial charge in [-0.15, -0.1) is 0 Å². The molecule has 0 saturated carbocycles. The molecule has 2 aliphatic rings. The van der Waals surface area contributed by atoms with Crippen molar-refractivity contribution in [1.29, 1.82) is 0 Å². The molecule has 0 unspecified atom stereocenters. The zero-order valence-electron chi connectivity index (χ0n) is 17.1. The topological polar surface area (TPSA) is 65.1 Å². The van der Waals surface area contributed by atoms with Crippen molar-refractivity contribution in [2.75, 3.05) is 20.2 Å². The van der Waals surface area contributed by atoms with Gasteiger partial charge in [-0.2, -0.15) is 0 Å². The second-order valence-corrected chi connectivity index (χ2v) is 8.82. The summed E-state index contributed by atoms with van der Waals surface area (Å²) in [5.74, 6) is -0.485. The fourth-order valence-corrected chi connectivity index (χ4v) is 3.76. The van der Waals surface area contributed by atoms with Crippen molar-refractivity contribution in [3.63, 3.8) is 0 Å². The molecular weight excluding hydrogens is 380 g/mol. The van der Waals surface area contributed by atoms with Gasteiger partial charge in [0.25, 0.3) is 5.91 Å². The lowest BCUT2D eigenvalue weighted by atomic mass is 9.79. The van der Waals surface area contributed by atoms with Gasteiger partial charge < -0.3 is 18.9 Å². The number of hydrogen-bond donors (Lipinski definition) is 0. The second-order valence-electron chi connectivity index (χ2n) is 8.42. The molecule has 6 nitrogen and oxygen atoms in total. The van der Waals surface area contributed by atoms with E-state index in [-0.39, 0.29) is 17.8 Å². The maximum atomic E-state index is 12.9. The van der Waals surface area contributed by atoms with Gasteiger partial charge in [0.15, 0.2) is 0 Å². The van der Waals surface area contributed by atoms with Gasteiger partial charge in [-0.05, 0) is 58.1 Å². The molecule has 0 aromatic heterocycles. The standard InChI is InChI=1S/C20H27BClNO5/c1-19(2)20(3,4)28-21(27-19)14-6-7-15(16(22)12-14)17(24)23-10-8-13(9-11-23)18(25)26-5/h6-7,12-13H,8-11H2,1-5H3. The largest absolute Gasteiger partial charge is 0.494 e. The zero-order valence-corrected chi connectivity index (χ0v) is 17.8. The molecule has 152 valence electrons. The van der Waals surface area contributed by atoms with E-state index in [4.69, 9.17) is 25.6 Å². The van der Waals surface area contributed by atoms with Crippen LogP contribution < -0.4 is 5.46 Å². The molecule has 1 amide bonds. The summed E-state index contributed by atoms with van der Waals surface area (Å²) in [6.07, 6.45) is 1.20. The Morgan fingerprint density at radius 3 is 2.21 bits per heavy atom. The van der Waals surface area contributed by atoms with Crippen LogP contribution in [0, 0.1) is 5.92 Å². The Hall–Kier alpha value is -1.57. The number of likely N-dealkylation sites (tertiary alicyclic amines) is 1. The van der Waals surface area contributed by atoms with E-state index in [0.29, 0.717) is 36.5 Å². The third-order valence-electron chi connectivity index (χ3n) is 6.07. The minimum Gasteiger partial charge on any atom is -0.469 e. The Morgan fingerprint density at radius 2 is 1.71 bits per heavy atom. The summed E-state index contributed by atoms with van der Waals surface area (Å²) in [6, 6.07) is 5.28. The van der Waals surface area contributed by atoms with Crippen LogP contribution in [0.15, 0.2) is 18.2 Å². The quantitative estimate of drug-likeness (QED) is 0.569. The highest BCUT2D eigenvalue weighted by Gasteiger charge is 2.51. The molecule has 2 fully saturated rings. The summed E-state index contributed by atoms with van der Waals surface area (Å²) in [4.78, 5) is 26.3. The first-order valence-electron chi connectivity index (χ1n) is 9.58. The predicted molar refractivity (Wildman–Crippen MR) is 108 cm³/mol. The molecule has 28 heavy (non-hydrogen) atoms. The van der Waals surface area contributed by atoms with Crippen LogP contribution >= 0.6 is 11.6 Å². The van der Waals surface area contributed by atoms with Gasteiger partial charge in [0, 0.05) is 13.1 Å². The Kier molecular flexibility index (Phi) is 5.81. The Morgan fingerprint density at radius 1 is 1.14 bits per heavy atom. The number of carbonyl (C=O) groups excluding carboxylic acids is 2. The van der Waals surface area contributed by atoms with Crippen molar-refractivity contribution in [3.8, 4) is 0 Å². The number of piperidine rings is 1. The number of ether oxygens (including phenoxy) is 1. The van der Waals surface area contributed by atoms with Gasteiger partial charge in [-0.25, -0.2) is 0 Å². The van der Waals surface area contributed by atoms with Crippen LogP contribution in [-0.4, -0.2) is 55.3 Å². The normalized spacial score (nSPS) is 21.6. The third kappa shape index (κ3) is 3.93. The lowest BCUT2D eigenvalue weighted by Gasteiger charge is -2.32. The van der Waals surface area contributed by atoms with Crippen LogP contribution in [0.4, 0.5) is 0 Å². The molecule has 0 radical (unpaired) electrons. The molecule has 0 aliphatic carbocycles. The van der Waals surface area contributed by atoms with E-state index in [2.05, 4.69) is 0 Å². The van der Waals surface area contributed by atoms with Crippen LogP contribution in [0.1, 0.15) is 50.9 Å². The first-order valence-corrected chi connectivity index (χ1v) is 9.96. The van der Waals surface area contributed by atoms with E-state index in [0.717, 1.165) is 5.46 Å². The van der Waals surface area contributed by atoms with Gasteiger partial charge in [0.1, 0.15) is 0 Å². The fourth-order valence-electron chi connectivity index (χ4n) is 3.49. The van der Waals surface area contributed by atoms with Crippen LogP contribution in [0.3, 0.4) is 0 Å². The first kappa shape index (κ1) is 21.2. The number of amides is 1. The number of methoxy groups -OCH3 is 1. The van der Waals surface area contributed by atoms with E-state index < -0.39 is 18.3 Å². The summed E-state index contributed by atoms with van der Waals surface area (Å²) < 4.78 is 16.9. The Balaban J connectivity index is 1.70. The molecule has 2 aliphatic heterocycles. The average Bonchev–Trinajstić information content (AvgIpc) is 2.88. The van der Waals surface area contributed by atoms with Gasteiger partial charge in [0.2, 0.25) is 0 Å². The molecule has 2 saturated heterocycles. The molecule has 1 aromatic rings. The molecule has 0 N–H and O–H groups in total. The summed E-state index contributed by atoms with van der Waals surface area (Å²) in [5.41, 5.74) is 0.341. The van der Waals surface area contributed by atoms with Crippen molar-refractivity contribution in [3.05, 3.63) is 28.8 Å². The summed E-state index contributed by atoms with van der Waals surface area (Å²) in [7, 11) is 0.865. The molecule has 1 aromatic carbocycles. The highest BCUT2D eigenvalue weighted by atomic mass is 35.5. The molecule has 3 rings (SSSR count). The second kappa shape index (κ2) is 7.69. The minimum atomic E-state index is -0.526. The summed E-state index contributed by atoms with van der Waals surface area (Å²) in [6.45, 7) is 8.98. The molecular formula is C20H27BClNO5. The van der Waals surface area contributed by atoms with Gasteiger partial charge in [-0.3, -0.25) is 9.59 Å². The number of hydrogen-bond acceptors (Lipinski definition) is 5. The number of esters is 1. The maximum Gasteiger partial charge on any atom is 0.494 e. The van der Waals surface area contributed by atoms with Crippen molar-refractivity contribution in [2.24, 2.45) is 5.92 Å². The van der Waals surface area contributed by atoms with Gasteiger partial charge in [0.05, 0.1) is 34.8 Å². The summed E-state index contributed by atoms with van der Waals surface area (Å²) in [5, 5.41) is 0.368. The monoisotopic (exact) mass is 407 g/mol. The van der Waals surface area contributed by atoms with E-state index in [9.17, 15) is 9.59 Å². The smallest absolute Gasteiger partial charge is 0.469 e. The molecule has 0 atom stereocenters. The highest BCUT2D eigenvalue weighted by molar-refractivity contribution is 6.62. The Labute approximate surface area is 171 Å². The van der Waals surface area contributed by atoms with Crippen molar-refractivity contribution in [2.45, 2.75) is 51.7 Å². The number of rotatable bonds is 3. The lowest BCUT2D eigenvalue weighted by Crippen LogP contribution is -2.41. The molecule has 2 heterocycles. The number of halogens is 1. The lowest BCUT2D eigenvalue weighted by molar-refractivity contribution is -0.146. The van der Waals surface area contributed by atoms with Crippen molar-refractivity contribution >= 4 is 36.1 Å². The van der Waals surface area contributed by atoms with E-state index in [1.165, 1.54) is 7.11 Å². The van der Waals surface area contributed by atoms with Crippen LogP contribution in [0.25, 0.3) is 0 Å². The Bertz CT molecular complexity index is 758. The van der Waals surface area contributed by atoms with Gasteiger partial charge in [-0.1, -0.05) is 17.7 Å². The van der Waals surface area contributed by atoms with Crippen LogP contribution in [0.2, 0.25) is 5.02 Å². The first-order chi connectivity index (χ1) is 13.1. The SMILES string of the molecule is COC(=O)C1CCN(C(=O)c2ccc(B3OC(C)(C)C(C)(C)O3)cc2Cl)CC1. The summed E-state index contributed by atoms with van der Waals surface area (Å²) >= 11 is 6.43. The van der Waals surface area contributed by atoms with E-state index >= 15 is 0 Å². The minimum absolute atomic E-state index is 0.131. The maximum absolute atomic E-state index is 12.9. The average molecular weight is 408 g/mol. The molecule has 0 bridgehead atoms. The predicted octanol–water partition coefficient (Wildman–Crippen LogP) is 2.66. The third-order valence-corrected chi connectivity index (χ3v) is 6.38. The fraction of sp³-hybridized carbons (Fsp3) is 0.600. The number of nitrogens with zero attached hydrogens (tertiary/aromatic N) is 1. The van der Waals surface area contributed by atoms with Gasteiger partial charge >= 0.3 is 13.1 Å². The van der Waals surface area contributed by atoms with Crippen molar-refractivity contribution in [1.82, 2.24) is 4.90 Å². The zero-order chi connectivity index (χ0) is 20.7. The molecule has 0 spiro atoms. The van der Waals surface area contributed by atoms with Crippen LogP contribution in [-0.2, 0) is 18.8 Å². The number of benzene rings is 1. The number of carbonyl (C=O) groups is 2. The van der Waals surface area contributed by atoms with E-state index in [1.54, 1.807) is 17.0 Å². The highest BCUT2D eigenvalue weighted by Crippen LogP contribution is 2.36. The van der Waals surface area contributed by atoms with E-state index in [1.807, 2.05) is 33.8 Å². The van der Waals surface area contributed by atoms with Crippen LogP contribution in [0.5, 0.6) is 0 Å². The molecule has 8 heteroatoms. The van der Waals surface area contributed by atoms with Crippen molar-refractivity contribution < 1.29 is 23.6 Å².